The Morgan fingerprint density at radius 2 is 0.400 bits per heavy atom. The Hall–Kier alpha value is 4.56. The summed E-state index contributed by atoms with van der Waals surface area (Å²) in [6.45, 7) is 0. The molecular formula is I4K-3. The summed E-state index contributed by atoms with van der Waals surface area (Å²) in [6, 6.07) is 0. The molecule has 0 rings (SSSR count). The van der Waals surface area contributed by atoms with Crippen LogP contribution in [0.15, 0.2) is 0 Å². The third-order valence-corrected chi connectivity index (χ3v) is 0. The van der Waals surface area contributed by atoms with Crippen LogP contribution < -0.4 is 147 Å². The second kappa shape index (κ2) is 23.5. The van der Waals surface area contributed by atoms with E-state index in [0.29, 0.717) is 0 Å². The Morgan fingerprint density at radius 3 is 0.400 bits per heavy atom. The summed E-state index contributed by atoms with van der Waals surface area (Å²) in [7, 11) is 0. The summed E-state index contributed by atoms with van der Waals surface area (Å²) in [5, 5.41) is 0. The Bertz CT molecular complexity index is 3.61. The van der Waals surface area contributed by atoms with E-state index in [-0.39, 0.29) is 147 Å². The van der Waals surface area contributed by atoms with E-state index in [9.17, 15) is 0 Å². The van der Waals surface area contributed by atoms with Crippen LogP contribution in [0.4, 0.5) is 0 Å². The van der Waals surface area contributed by atoms with Crippen LogP contribution in [0.5, 0.6) is 0 Å². The maximum atomic E-state index is 0. The zero-order chi connectivity index (χ0) is 0. The monoisotopic (exact) mass is 547 g/mol. The maximum absolute atomic E-state index is 0. The fourth-order valence-corrected chi connectivity index (χ4v) is 0. The molecule has 32 valence electrons. The van der Waals surface area contributed by atoms with Gasteiger partial charge in [-0.15, -0.1) is 0 Å². The van der Waals surface area contributed by atoms with Gasteiger partial charge in [0, 0.05) is 0 Å². The molecule has 0 aliphatic carbocycles. The van der Waals surface area contributed by atoms with Crippen molar-refractivity contribution in [3.63, 3.8) is 0 Å². The van der Waals surface area contributed by atoms with Crippen LogP contribution in [0.25, 0.3) is 0 Å². The van der Waals surface area contributed by atoms with Gasteiger partial charge in [0.05, 0.1) is 0 Å². The van der Waals surface area contributed by atoms with Crippen molar-refractivity contribution in [2.45, 2.75) is 0 Å². The van der Waals surface area contributed by atoms with Gasteiger partial charge in [-0.05, 0) is 0 Å². The normalized spacial score (nSPS) is 0. The molecule has 0 saturated carbocycles. The number of hydrogen-bond donors (Lipinski definition) is 0. The van der Waals surface area contributed by atoms with Crippen LogP contribution >= 0.6 is 0 Å². The molecule has 0 aliphatic heterocycles. The molecule has 0 unspecified atom stereocenters. The van der Waals surface area contributed by atoms with Gasteiger partial charge in [-0.2, -0.15) is 0 Å². The molecule has 0 atom stereocenters. The van der Waals surface area contributed by atoms with Gasteiger partial charge >= 0.3 is 51.4 Å². The molecule has 0 radical (unpaired) electrons. The van der Waals surface area contributed by atoms with E-state index in [4.69, 9.17) is 0 Å². The summed E-state index contributed by atoms with van der Waals surface area (Å²) in [6.07, 6.45) is 0. The molecule has 0 heterocycles. The average Bonchev–Trinajstić information content (AvgIpc) is 0. The van der Waals surface area contributed by atoms with Crippen molar-refractivity contribution in [3.05, 3.63) is 0 Å². The van der Waals surface area contributed by atoms with E-state index in [0.717, 1.165) is 0 Å². The topological polar surface area (TPSA) is 0 Å². The zero-order valence-electron chi connectivity index (χ0n) is 2.51. The number of hydrogen-bond acceptors (Lipinski definition) is 0. The molecule has 5 heteroatoms. The van der Waals surface area contributed by atoms with Gasteiger partial charge in [-0.3, -0.25) is 0 Å². The minimum absolute atomic E-state index is 0. The molecule has 0 amide bonds. The van der Waals surface area contributed by atoms with Crippen LogP contribution in [-0.2, 0) is 0 Å². The van der Waals surface area contributed by atoms with Crippen LogP contribution in [0, 0.1) is 0 Å². The van der Waals surface area contributed by atoms with Crippen LogP contribution in [0.1, 0.15) is 0 Å². The van der Waals surface area contributed by atoms with E-state index in [1.807, 2.05) is 0 Å². The largest absolute Gasteiger partial charge is 1.00 e. The van der Waals surface area contributed by atoms with Crippen molar-refractivity contribution in [3.8, 4) is 0 Å². The summed E-state index contributed by atoms with van der Waals surface area (Å²) in [5.74, 6) is 0. The van der Waals surface area contributed by atoms with Crippen molar-refractivity contribution < 1.29 is 147 Å². The van der Waals surface area contributed by atoms with Crippen molar-refractivity contribution in [1.82, 2.24) is 0 Å². The Kier molecular flexibility index (Phi) is 159. The van der Waals surface area contributed by atoms with Crippen LogP contribution in [0.3, 0.4) is 0 Å². The van der Waals surface area contributed by atoms with Gasteiger partial charge in [0.1, 0.15) is 0 Å². The predicted molar refractivity (Wildman–Crippen MR) is 0 cm³/mol. The summed E-state index contributed by atoms with van der Waals surface area (Å²) in [4.78, 5) is 0. The van der Waals surface area contributed by atoms with Gasteiger partial charge in [-0.1, -0.05) is 0 Å². The van der Waals surface area contributed by atoms with Crippen molar-refractivity contribution in [2.75, 3.05) is 0 Å². The SMILES string of the molecule is [I-].[I-].[I-].[I-].[K+]. The van der Waals surface area contributed by atoms with Crippen LogP contribution in [-0.4, -0.2) is 0 Å². The minimum Gasteiger partial charge on any atom is -1.00 e. The standard InChI is InChI=1S/4HI.K/h4*1H;/q;;;;+1/p-4. The van der Waals surface area contributed by atoms with Gasteiger partial charge < -0.3 is 95.9 Å². The minimum atomic E-state index is 0. The molecule has 0 N–H and O–H groups in total. The molecule has 0 aromatic carbocycles. The Labute approximate surface area is 143 Å². The van der Waals surface area contributed by atoms with Crippen molar-refractivity contribution >= 4 is 0 Å². The zero-order valence-corrected chi connectivity index (χ0v) is 14.3. The quantitative estimate of drug-likeness (QED) is 0.209. The second-order valence-corrected chi connectivity index (χ2v) is 0. The average molecular weight is 547 g/mol. The smallest absolute Gasteiger partial charge is 1.00 e. The Balaban J connectivity index is 0. The molecular weight excluding hydrogens is 547 g/mol. The van der Waals surface area contributed by atoms with E-state index < -0.39 is 0 Å². The van der Waals surface area contributed by atoms with E-state index in [1.54, 1.807) is 0 Å². The molecule has 0 fully saturated rings. The maximum Gasteiger partial charge on any atom is 1.00 e. The fourth-order valence-electron chi connectivity index (χ4n) is 0. The van der Waals surface area contributed by atoms with Gasteiger partial charge in [0.25, 0.3) is 0 Å². The third-order valence-electron chi connectivity index (χ3n) is 0. The molecule has 5 heavy (non-hydrogen) atoms. The second-order valence-electron chi connectivity index (χ2n) is 0. The van der Waals surface area contributed by atoms with E-state index >= 15 is 0 Å². The molecule has 0 saturated heterocycles. The van der Waals surface area contributed by atoms with E-state index in [2.05, 4.69) is 0 Å². The molecule has 0 bridgehead atoms. The molecule has 0 spiro atoms. The first-order chi connectivity index (χ1) is 0. The van der Waals surface area contributed by atoms with Crippen molar-refractivity contribution in [2.24, 2.45) is 0 Å². The van der Waals surface area contributed by atoms with Gasteiger partial charge in [0.15, 0.2) is 0 Å². The first-order valence-electron chi connectivity index (χ1n) is 0. The first-order valence-corrected chi connectivity index (χ1v) is 0. The van der Waals surface area contributed by atoms with Crippen LogP contribution in [0.2, 0.25) is 0 Å². The van der Waals surface area contributed by atoms with Gasteiger partial charge in [0.2, 0.25) is 0 Å². The van der Waals surface area contributed by atoms with Crippen molar-refractivity contribution in [1.29, 1.82) is 0 Å². The molecule has 0 aromatic rings. The predicted octanol–water partition coefficient (Wildman–Crippen LogP) is -15.0. The molecule has 0 nitrogen and oxygen atoms in total. The number of halogens is 4. The summed E-state index contributed by atoms with van der Waals surface area (Å²) >= 11 is 0. The number of rotatable bonds is 0. The molecule has 0 aliphatic rings. The Morgan fingerprint density at radius 1 is 0.400 bits per heavy atom. The summed E-state index contributed by atoms with van der Waals surface area (Å²) in [5.41, 5.74) is 0. The van der Waals surface area contributed by atoms with E-state index in [1.165, 1.54) is 0 Å². The first kappa shape index (κ1) is 33.7. The van der Waals surface area contributed by atoms with Gasteiger partial charge in [-0.25, -0.2) is 0 Å². The molecule has 0 aromatic heterocycles. The third kappa shape index (κ3) is 17.7. The summed E-state index contributed by atoms with van der Waals surface area (Å²) < 4.78 is 0. The fraction of sp³-hybridized carbons (Fsp3) is 0.